The molecule has 0 amide bonds. The van der Waals surface area contributed by atoms with Crippen molar-refractivity contribution in [2.45, 2.75) is 58.6 Å². The lowest BCUT2D eigenvalue weighted by atomic mass is 10.0. The minimum atomic E-state index is -0.632. The summed E-state index contributed by atoms with van der Waals surface area (Å²) in [5.41, 5.74) is 2.84. The number of hydrogen-bond donors (Lipinski definition) is 2. The Balaban J connectivity index is 1.94. The second kappa shape index (κ2) is 11.1. The number of ketones is 1. The van der Waals surface area contributed by atoms with E-state index in [1.54, 1.807) is 7.11 Å². The number of carbonyl (C=O) groups excluding carboxylic acids is 1. The van der Waals surface area contributed by atoms with Crippen LogP contribution in [0.15, 0.2) is 42.5 Å². The van der Waals surface area contributed by atoms with E-state index in [2.05, 4.69) is 26.1 Å². The van der Waals surface area contributed by atoms with E-state index in [-0.39, 0.29) is 17.9 Å². The lowest BCUT2D eigenvalue weighted by Gasteiger charge is -2.26. The van der Waals surface area contributed by atoms with Crippen LogP contribution in [0.25, 0.3) is 0 Å². The van der Waals surface area contributed by atoms with Gasteiger partial charge in [0.2, 0.25) is 0 Å². The highest BCUT2D eigenvalue weighted by Crippen LogP contribution is 2.29. The third kappa shape index (κ3) is 7.47. The fourth-order valence-corrected chi connectivity index (χ4v) is 2.90. The lowest BCUT2D eigenvalue weighted by molar-refractivity contribution is 0.0969. The average molecular weight is 414 g/mol. The highest BCUT2D eigenvalue weighted by atomic mass is 16.5. The van der Waals surface area contributed by atoms with Gasteiger partial charge in [0, 0.05) is 24.1 Å². The Morgan fingerprint density at radius 2 is 1.83 bits per heavy atom. The number of aliphatic hydroxyl groups excluding tert-OH is 1. The van der Waals surface area contributed by atoms with Crippen LogP contribution in [0.3, 0.4) is 0 Å². The predicted molar refractivity (Wildman–Crippen MR) is 121 cm³/mol. The average Bonchev–Trinajstić information content (AvgIpc) is 2.75. The third-order valence-corrected chi connectivity index (χ3v) is 5.37. The van der Waals surface area contributed by atoms with Crippen molar-refractivity contribution in [2.24, 2.45) is 0 Å². The molecule has 2 N–H and O–H groups in total. The van der Waals surface area contributed by atoms with Gasteiger partial charge < -0.3 is 19.9 Å². The molecule has 0 fully saturated rings. The van der Waals surface area contributed by atoms with E-state index in [1.165, 1.54) is 0 Å². The molecule has 5 nitrogen and oxygen atoms in total. The van der Waals surface area contributed by atoms with E-state index in [1.807, 2.05) is 49.4 Å². The molecule has 2 aromatic carbocycles. The van der Waals surface area contributed by atoms with Crippen LogP contribution in [0.2, 0.25) is 0 Å². The molecule has 30 heavy (non-hydrogen) atoms. The summed E-state index contributed by atoms with van der Waals surface area (Å²) < 4.78 is 11.2. The van der Waals surface area contributed by atoms with Crippen molar-refractivity contribution in [1.82, 2.24) is 5.32 Å². The number of nitrogens with one attached hydrogen (secondary N) is 1. The van der Waals surface area contributed by atoms with Crippen molar-refractivity contribution in [1.29, 1.82) is 0 Å². The van der Waals surface area contributed by atoms with Gasteiger partial charge in [-0.2, -0.15) is 0 Å². The van der Waals surface area contributed by atoms with Crippen LogP contribution in [0.5, 0.6) is 11.5 Å². The fraction of sp³-hybridized carbons (Fsp3) is 0.480. The van der Waals surface area contributed by atoms with Gasteiger partial charge in [0.25, 0.3) is 0 Å². The Kier molecular flexibility index (Phi) is 8.88. The molecule has 0 heterocycles. The molecule has 0 radical (unpaired) electrons. The number of hydrogen-bond acceptors (Lipinski definition) is 5. The van der Waals surface area contributed by atoms with Gasteiger partial charge in [0.15, 0.2) is 17.3 Å². The Labute approximate surface area is 180 Å². The van der Waals surface area contributed by atoms with Gasteiger partial charge in [-0.15, -0.1) is 0 Å². The first-order chi connectivity index (χ1) is 14.2. The highest BCUT2D eigenvalue weighted by Gasteiger charge is 2.17. The topological polar surface area (TPSA) is 67.8 Å². The molecule has 0 unspecified atom stereocenters. The number of methoxy groups -OCH3 is 1. The van der Waals surface area contributed by atoms with Gasteiger partial charge in [0.1, 0.15) is 12.7 Å². The number of β-amino-alcohol motifs (C(OH)–C–C–N with tert-alkyl or cyclic N) is 1. The van der Waals surface area contributed by atoms with E-state index in [4.69, 9.17) is 9.47 Å². The number of carbonyl (C=O) groups is 1. The zero-order valence-electron chi connectivity index (χ0n) is 18.8. The van der Waals surface area contributed by atoms with Crippen molar-refractivity contribution in [3.05, 3.63) is 59.2 Å². The summed E-state index contributed by atoms with van der Waals surface area (Å²) in [4.78, 5) is 12.4. The van der Waals surface area contributed by atoms with Crippen molar-refractivity contribution in [2.75, 3.05) is 20.3 Å². The van der Waals surface area contributed by atoms with Crippen molar-refractivity contribution in [3.8, 4) is 11.5 Å². The predicted octanol–water partition coefficient (Wildman–Crippen LogP) is 4.34. The molecule has 2 aromatic rings. The van der Waals surface area contributed by atoms with E-state index in [0.29, 0.717) is 30.9 Å². The molecule has 0 aliphatic heterocycles. The maximum Gasteiger partial charge on any atom is 0.163 e. The minimum Gasteiger partial charge on any atom is -0.493 e. The Morgan fingerprint density at radius 3 is 2.47 bits per heavy atom. The first-order valence-electron chi connectivity index (χ1n) is 10.6. The Morgan fingerprint density at radius 1 is 1.13 bits per heavy atom. The van der Waals surface area contributed by atoms with Gasteiger partial charge >= 0.3 is 0 Å². The van der Waals surface area contributed by atoms with E-state index < -0.39 is 6.10 Å². The summed E-state index contributed by atoms with van der Waals surface area (Å²) in [6.45, 7) is 8.93. The van der Waals surface area contributed by atoms with E-state index in [9.17, 15) is 9.90 Å². The van der Waals surface area contributed by atoms with Crippen molar-refractivity contribution >= 4 is 5.78 Å². The molecule has 0 saturated heterocycles. The maximum atomic E-state index is 12.4. The van der Waals surface area contributed by atoms with Crippen molar-refractivity contribution in [3.63, 3.8) is 0 Å². The zero-order valence-corrected chi connectivity index (χ0v) is 18.8. The first kappa shape index (κ1) is 23.9. The lowest BCUT2D eigenvalue weighted by Crippen LogP contribution is -2.44. The second-order valence-electron chi connectivity index (χ2n) is 8.36. The van der Waals surface area contributed by atoms with Crippen LogP contribution < -0.4 is 14.8 Å². The molecule has 1 atom stereocenters. The molecule has 0 spiro atoms. The van der Waals surface area contributed by atoms with Crippen LogP contribution >= 0.6 is 0 Å². The molecular weight excluding hydrogens is 378 g/mol. The SMILES string of the molecule is CCC(C)(C)NC[C@@H](O)COc1cc(CCC(=O)c2ccc(C)cc2)ccc1OC. The first-order valence-corrected chi connectivity index (χ1v) is 10.6. The van der Waals surface area contributed by atoms with Crippen LogP contribution in [-0.2, 0) is 6.42 Å². The Bertz CT molecular complexity index is 814. The van der Waals surface area contributed by atoms with Crippen LogP contribution in [0, 0.1) is 6.92 Å². The number of ether oxygens (including phenoxy) is 2. The summed E-state index contributed by atoms with van der Waals surface area (Å²) >= 11 is 0. The molecule has 5 heteroatoms. The number of rotatable bonds is 12. The van der Waals surface area contributed by atoms with Crippen LogP contribution in [-0.4, -0.2) is 42.8 Å². The standard InChI is InChI=1S/C25H35NO4/c1-6-25(3,4)26-16-21(27)17-30-24-15-19(10-14-23(24)29-5)9-13-22(28)20-11-7-18(2)8-12-20/h7-8,10-12,14-15,21,26-27H,6,9,13,16-17H2,1-5H3/t21-/m1/s1. The van der Waals surface area contributed by atoms with Crippen LogP contribution in [0.1, 0.15) is 55.1 Å². The second-order valence-corrected chi connectivity index (χ2v) is 8.36. The molecule has 0 aliphatic rings. The maximum absolute atomic E-state index is 12.4. The van der Waals surface area contributed by atoms with Gasteiger partial charge in [-0.25, -0.2) is 0 Å². The fourth-order valence-electron chi connectivity index (χ4n) is 2.90. The number of aliphatic hydroxyl groups is 1. The molecule has 0 aromatic heterocycles. The molecular formula is C25H35NO4. The largest absolute Gasteiger partial charge is 0.493 e. The van der Waals surface area contributed by atoms with Gasteiger partial charge in [-0.1, -0.05) is 42.8 Å². The Hall–Kier alpha value is -2.37. The minimum absolute atomic E-state index is 0.0252. The van der Waals surface area contributed by atoms with Crippen LogP contribution in [0.4, 0.5) is 0 Å². The van der Waals surface area contributed by atoms with E-state index >= 15 is 0 Å². The molecule has 164 valence electrons. The number of aryl methyl sites for hydroxylation is 2. The molecule has 0 bridgehead atoms. The normalized spacial score (nSPS) is 12.5. The monoisotopic (exact) mass is 413 g/mol. The van der Waals surface area contributed by atoms with Gasteiger partial charge in [-0.3, -0.25) is 4.79 Å². The number of Topliss-reactive ketones (excluding diaryl/α,β-unsaturated/α-hetero) is 1. The van der Waals surface area contributed by atoms with Gasteiger partial charge in [0.05, 0.1) is 7.11 Å². The summed E-state index contributed by atoms with van der Waals surface area (Å²) in [5.74, 6) is 1.30. The zero-order chi connectivity index (χ0) is 22.1. The summed E-state index contributed by atoms with van der Waals surface area (Å²) in [6.07, 6.45) is 1.37. The number of benzene rings is 2. The van der Waals surface area contributed by atoms with Crippen molar-refractivity contribution < 1.29 is 19.4 Å². The summed E-state index contributed by atoms with van der Waals surface area (Å²) in [6, 6.07) is 13.3. The van der Waals surface area contributed by atoms with E-state index in [0.717, 1.165) is 23.1 Å². The smallest absolute Gasteiger partial charge is 0.163 e. The molecule has 2 rings (SSSR count). The highest BCUT2D eigenvalue weighted by molar-refractivity contribution is 5.96. The summed E-state index contributed by atoms with van der Waals surface area (Å²) in [5, 5.41) is 13.6. The molecule has 0 saturated carbocycles. The van der Waals surface area contributed by atoms with Gasteiger partial charge in [-0.05, 0) is 51.3 Å². The quantitative estimate of drug-likeness (QED) is 0.507. The molecule has 0 aliphatic carbocycles. The summed E-state index contributed by atoms with van der Waals surface area (Å²) in [7, 11) is 1.59. The third-order valence-electron chi connectivity index (χ3n) is 5.37.